The third-order valence-electron chi connectivity index (χ3n) is 2.47. The van der Waals surface area contributed by atoms with E-state index in [0.717, 1.165) is 4.90 Å². The molecule has 8 heteroatoms. The fourth-order valence-corrected chi connectivity index (χ4v) is 1.60. The number of carbonyl (C=O) groups excluding carboxylic acids is 1. The van der Waals surface area contributed by atoms with Crippen molar-refractivity contribution in [1.29, 1.82) is 0 Å². The third-order valence-corrected chi connectivity index (χ3v) is 2.47. The molecule has 4 N–H and O–H groups in total. The number of carboxylic acid groups (broad SMARTS) is 1. The van der Waals surface area contributed by atoms with Gasteiger partial charge in [-0.2, -0.15) is 0 Å². The Labute approximate surface area is 127 Å². The highest BCUT2D eigenvalue weighted by atomic mass is 16.6. The zero-order valence-electron chi connectivity index (χ0n) is 12.6. The van der Waals surface area contributed by atoms with Crippen molar-refractivity contribution >= 4 is 23.6 Å². The predicted molar refractivity (Wildman–Crippen MR) is 80.2 cm³/mol. The highest BCUT2D eigenvalue weighted by Crippen LogP contribution is 2.19. The van der Waals surface area contributed by atoms with Gasteiger partial charge in [0.2, 0.25) is 0 Å². The second-order valence-electron chi connectivity index (χ2n) is 5.50. The molecule has 0 aliphatic heterocycles. The number of hydrogen-bond donors (Lipinski definition) is 3. The predicted octanol–water partition coefficient (Wildman–Crippen LogP) is 1.61. The number of aliphatic carboxylic acids is 1. The van der Waals surface area contributed by atoms with E-state index >= 15 is 0 Å². The van der Waals surface area contributed by atoms with Crippen LogP contribution in [0.1, 0.15) is 26.3 Å². The number of nitrogens with zero attached hydrogens (tertiary/aromatic N) is 2. The molecule has 1 amide bonds. The molecule has 0 aromatic heterocycles. The van der Waals surface area contributed by atoms with E-state index in [4.69, 9.17) is 20.8 Å². The van der Waals surface area contributed by atoms with Crippen LogP contribution >= 0.6 is 0 Å². The minimum absolute atomic E-state index is 0.152. The maximum Gasteiger partial charge on any atom is 0.415 e. The van der Waals surface area contributed by atoms with Gasteiger partial charge in [0.05, 0.1) is 0 Å². The van der Waals surface area contributed by atoms with Crippen molar-refractivity contribution in [2.45, 2.75) is 26.4 Å². The first-order valence-electron chi connectivity index (χ1n) is 6.44. The highest BCUT2D eigenvalue weighted by Gasteiger charge is 2.25. The van der Waals surface area contributed by atoms with Gasteiger partial charge in [-0.25, -0.2) is 4.79 Å². The molecule has 1 aromatic rings. The summed E-state index contributed by atoms with van der Waals surface area (Å²) < 4.78 is 5.19. The number of amidine groups is 1. The molecule has 0 heterocycles. The Morgan fingerprint density at radius 1 is 1.36 bits per heavy atom. The maximum absolute atomic E-state index is 12.2. The van der Waals surface area contributed by atoms with Crippen molar-refractivity contribution in [3.63, 3.8) is 0 Å². The number of carbonyl (C=O) groups is 2. The monoisotopic (exact) mass is 309 g/mol. The van der Waals surface area contributed by atoms with Crippen LogP contribution in [0.4, 0.5) is 10.5 Å². The van der Waals surface area contributed by atoms with Crippen LogP contribution < -0.4 is 10.6 Å². The summed E-state index contributed by atoms with van der Waals surface area (Å²) in [6.45, 7) is 4.46. The Morgan fingerprint density at radius 3 is 2.50 bits per heavy atom. The molecule has 0 spiro atoms. The number of oxime groups is 1. The number of ether oxygens (including phenoxy) is 1. The molecule has 0 unspecified atom stereocenters. The van der Waals surface area contributed by atoms with E-state index in [1.807, 2.05) is 0 Å². The molecule has 0 radical (unpaired) electrons. The lowest BCUT2D eigenvalue weighted by Crippen LogP contribution is -2.40. The second-order valence-corrected chi connectivity index (χ2v) is 5.50. The fraction of sp³-hybridized carbons (Fsp3) is 0.357. The highest BCUT2D eigenvalue weighted by molar-refractivity contribution is 5.99. The average Bonchev–Trinajstić information content (AvgIpc) is 2.41. The summed E-state index contributed by atoms with van der Waals surface area (Å²) in [6, 6.07) is 6.08. The summed E-state index contributed by atoms with van der Waals surface area (Å²) in [4.78, 5) is 24.1. The molecule has 22 heavy (non-hydrogen) atoms. The molecule has 120 valence electrons. The van der Waals surface area contributed by atoms with Crippen LogP contribution in [0.3, 0.4) is 0 Å². The molecule has 8 nitrogen and oxygen atoms in total. The summed E-state index contributed by atoms with van der Waals surface area (Å²) in [7, 11) is 0. The number of amides is 1. The Kier molecular flexibility index (Phi) is 5.33. The number of carboxylic acids is 1. The standard InChI is InChI=1S/C14H19N3O5/c1-14(2,3)22-13(20)17(8-11(18)19)10-6-4-5-9(7-10)12(15)16-21/h4-7,21H,8H2,1-3H3,(H2,15,16)(H,18,19). The van der Waals surface area contributed by atoms with Gasteiger partial charge in [-0.1, -0.05) is 17.3 Å². The van der Waals surface area contributed by atoms with E-state index in [-0.39, 0.29) is 11.5 Å². The lowest BCUT2D eigenvalue weighted by atomic mass is 10.1. The smallest absolute Gasteiger partial charge is 0.415 e. The van der Waals surface area contributed by atoms with Gasteiger partial charge in [-0.15, -0.1) is 0 Å². The van der Waals surface area contributed by atoms with Gasteiger partial charge < -0.3 is 20.8 Å². The Bertz CT molecular complexity index is 592. The first-order chi connectivity index (χ1) is 10.1. The zero-order chi connectivity index (χ0) is 16.9. The van der Waals surface area contributed by atoms with Gasteiger partial charge in [0.15, 0.2) is 5.84 Å². The first-order valence-corrected chi connectivity index (χ1v) is 6.44. The lowest BCUT2D eigenvalue weighted by Gasteiger charge is -2.26. The van der Waals surface area contributed by atoms with Crippen LogP contribution in [0.5, 0.6) is 0 Å². The van der Waals surface area contributed by atoms with Gasteiger partial charge in [-0.05, 0) is 32.9 Å². The van der Waals surface area contributed by atoms with Crippen molar-refractivity contribution < 1.29 is 24.6 Å². The van der Waals surface area contributed by atoms with Crippen LogP contribution in [0.25, 0.3) is 0 Å². The van der Waals surface area contributed by atoms with Crippen LogP contribution in [0.2, 0.25) is 0 Å². The van der Waals surface area contributed by atoms with Crippen LogP contribution in [-0.4, -0.2) is 40.4 Å². The van der Waals surface area contributed by atoms with Gasteiger partial charge in [0, 0.05) is 11.3 Å². The topological polar surface area (TPSA) is 125 Å². The van der Waals surface area contributed by atoms with E-state index < -0.39 is 24.2 Å². The van der Waals surface area contributed by atoms with Crippen molar-refractivity contribution in [3.8, 4) is 0 Å². The molecule has 0 atom stereocenters. The third kappa shape index (κ3) is 4.97. The minimum Gasteiger partial charge on any atom is -0.480 e. The van der Waals surface area contributed by atoms with E-state index in [1.165, 1.54) is 12.1 Å². The number of hydrogen-bond acceptors (Lipinski definition) is 5. The van der Waals surface area contributed by atoms with Crippen molar-refractivity contribution in [2.24, 2.45) is 10.9 Å². The molecular formula is C14H19N3O5. The average molecular weight is 309 g/mol. The molecule has 0 aliphatic carbocycles. The van der Waals surface area contributed by atoms with E-state index in [9.17, 15) is 9.59 Å². The largest absolute Gasteiger partial charge is 0.480 e. The molecule has 0 fully saturated rings. The molecule has 0 saturated carbocycles. The van der Waals surface area contributed by atoms with Crippen LogP contribution in [0.15, 0.2) is 29.4 Å². The van der Waals surface area contributed by atoms with Gasteiger partial charge in [0.1, 0.15) is 12.1 Å². The van der Waals surface area contributed by atoms with Crippen molar-refractivity contribution in [2.75, 3.05) is 11.4 Å². The minimum atomic E-state index is -1.19. The van der Waals surface area contributed by atoms with Gasteiger partial charge in [0.25, 0.3) is 0 Å². The Balaban J connectivity index is 3.17. The normalized spacial score (nSPS) is 11.9. The zero-order valence-corrected chi connectivity index (χ0v) is 12.6. The fourth-order valence-electron chi connectivity index (χ4n) is 1.60. The second kappa shape index (κ2) is 6.79. The Morgan fingerprint density at radius 2 is 2.00 bits per heavy atom. The number of benzene rings is 1. The summed E-state index contributed by atoms with van der Waals surface area (Å²) in [5.41, 5.74) is 5.34. The summed E-state index contributed by atoms with van der Waals surface area (Å²) >= 11 is 0. The van der Waals surface area contributed by atoms with E-state index in [0.29, 0.717) is 5.56 Å². The summed E-state index contributed by atoms with van der Waals surface area (Å²) in [5.74, 6) is -1.35. The lowest BCUT2D eigenvalue weighted by molar-refractivity contribution is -0.135. The van der Waals surface area contributed by atoms with Crippen molar-refractivity contribution in [3.05, 3.63) is 29.8 Å². The number of anilines is 1. The first kappa shape index (κ1) is 17.3. The molecular weight excluding hydrogens is 290 g/mol. The molecule has 1 rings (SSSR count). The summed E-state index contributed by atoms with van der Waals surface area (Å²) in [6.07, 6.45) is -0.799. The number of nitrogens with two attached hydrogens (primary N) is 1. The van der Waals surface area contributed by atoms with Gasteiger partial charge in [-0.3, -0.25) is 9.69 Å². The van der Waals surface area contributed by atoms with Gasteiger partial charge >= 0.3 is 12.1 Å². The quantitative estimate of drug-likeness (QED) is 0.336. The molecule has 1 aromatic carbocycles. The SMILES string of the molecule is CC(C)(C)OC(=O)N(CC(=O)O)c1cccc(/C(N)=N/O)c1. The Hall–Kier alpha value is -2.77. The maximum atomic E-state index is 12.2. The van der Waals surface area contributed by atoms with Crippen molar-refractivity contribution in [1.82, 2.24) is 0 Å². The number of rotatable bonds is 4. The van der Waals surface area contributed by atoms with E-state index in [1.54, 1.807) is 32.9 Å². The molecule has 0 aliphatic rings. The summed E-state index contributed by atoms with van der Waals surface area (Å²) in [5, 5.41) is 20.5. The van der Waals surface area contributed by atoms with Crippen LogP contribution in [-0.2, 0) is 9.53 Å². The molecule has 0 saturated heterocycles. The molecule has 0 bridgehead atoms. The van der Waals surface area contributed by atoms with Crippen LogP contribution in [0, 0.1) is 0 Å². The van der Waals surface area contributed by atoms with E-state index in [2.05, 4.69) is 5.16 Å².